The number of hydrogen-bond donors (Lipinski definition) is 2. The van der Waals surface area contributed by atoms with Crippen LogP contribution >= 0.6 is 11.6 Å². The van der Waals surface area contributed by atoms with Crippen LogP contribution in [-0.2, 0) is 0 Å². The molecular formula is C14H11ClN2O2. The Hall–Kier alpha value is -2.33. The summed E-state index contributed by atoms with van der Waals surface area (Å²) >= 11 is 5.79. The number of nitrogens with two attached hydrogens (primary N) is 1. The average molecular weight is 275 g/mol. The molecule has 0 saturated carbocycles. The quantitative estimate of drug-likeness (QED) is 0.666. The number of pyridine rings is 1. The van der Waals surface area contributed by atoms with Crippen LogP contribution < -0.4 is 5.73 Å². The summed E-state index contributed by atoms with van der Waals surface area (Å²) in [4.78, 5) is 15.8. The lowest BCUT2D eigenvalue weighted by molar-refractivity contribution is 0.104. The normalized spacial score (nSPS) is 10.8. The van der Waals surface area contributed by atoms with Crippen molar-refractivity contribution in [3.8, 4) is 5.75 Å². The standard InChI is InChI=1S/C14H11ClN2O2/c15-10-4-6-13(19)11(8-10)12(18)5-3-9-2-1-7-17-14(9)16/h1-8,19H,(H2,16,17)/b5-3+. The summed E-state index contributed by atoms with van der Waals surface area (Å²) < 4.78 is 0. The molecule has 4 nitrogen and oxygen atoms in total. The van der Waals surface area contributed by atoms with E-state index in [2.05, 4.69) is 4.98 Å². The fraction of sp³-hybridized carbons (Fsp3) is 0. The van der Waals surface area contributed by atoms with Crippen LogP contribution in [0.5, 0.6) is 5.75 Å². The molecule has 0 fully saturated rings. The molecule has 0 radical (unpaired) electrons. The third kappa shape index (κ3) is 3.11. The van der Waals surface area contributed by atoms with Gasteiger partial charge in [-0.05, 0) is 42.5 Å². The van der Waals surface area contributed by atoms with E-state index >= 15 is 0 Å². The Labute approximate surface area is 115 Å². The molecule has 1 aromatic carbocycles. The van der Waals surface area contributed by atoms with Crippen molar-refractivity contribution in [3.63, 3.8) is 0 Å². The molecule has 96 valence electrons. The van der Waals surface area contributed by atoms with Crippen LogP contribution in [0.2, 0.25) is 5.02 Å². The van der Waals surface area contributed by atoms with E-state index < -0.39 is 0 Å². The van der Waals surface area contributed by atoms with Gasteiger partial charge in [0.05, 0.1) is 5.56 Å². The maximum atomic E-state index is 11.9. The van der Waals surface area contributed by atoms with Gasteiger partial charge in [-0.1, -0.05) is 11.6 Å². The molecular weight excluding hydrogens is 264 g/mol. The lowest BCUT2D eigenvalue weighted by Gasteiger charge is -2.01. The summed E-state index contributed by atoms with van der Waals surface area (Å²) in [7, 11) is 0. The van der Waals surface area contributed by atoms with Crippen molar-refractivity contribution in [2.45, 2.75) is 0 Å². The summed E-state index contributed by atoms with van der Waals surface area (Å²) in [6.07, 6.45) is 4.43. The van der Waals surface area contributed by atoms with E-state index in [1.807, 2.05) is 0 Å². The molecule has 0 spiro atoms. The highest BCUT2D eigenvalue weighted by molar-refractivity contribution is 6.31. The first-order chi connectivity index (χ1) is 9.08. The van der Waals surface area contributed by atoms with Crippen molar-refractivity contribution in [1.29, 1.82) is 0 Å². The minimum Gasteiger partial charge on any atom is -0.507 e. The number of halogens is 1. The maximum absolute atomic E-state index is 11.9. The van der Waals surface area contributed by atoms with Crippen molar-refractivity contribution in [2.75, 3.05) is 5.73 Å². The third-order valence-electron chi connectivity index (χ3n) is 2.51. The van der Waals surface area contributed by atoms with Crippen molar-refractivity contribution >= 4 is 29.3 Å². The zero-order valence-electron chi connectivity index (χ0n) is 9.88. The van der Waals surface area contributed by atoms with Gasteiger partial charge in [0.15, 0.2) is 5.78 Å². The molecule has 1 heterocycles. The van der Waals surface area contributed by atoms with Gasteiger partial charge in [0.2, 0.25) is 0 Å². The van der Waals surface area contributed by atoms with Gasteiger partial charge >= 0.3 is 0 Å². The van der Waals surface area contributed by atoms with Crippen LogP contribution in [0.3, 0.4) is 0 Å². The molecule has 0 bridgehead atoms. The maximum Gasteiger partial charge on any atom is 0.189 e. The number of benzene rings is 1. The Bertz CT molecular complexity index is 654. The van der Waals surface area contributed by atoms with Crippen LogP contribution in [0.4, 0.5) is 5.82 Å². The van der Waals surface area contributed by atoms with Gasteiger partial charge in [0.1, 0.15) is 11.6 Å². The Balaban J connectivity index is 2.26. The van der Waals surface area contributed by atoms with Crippen molar-refractivity contribution in [3.05, 3.63) is 58.8 Å². The molecule has 0 aliphatic carbocycles. The summed E-state index contributed by atoms with van der Waals surface area (Å²) in [5, 5.41) is 9.99. The molecule has 0 aliphatic heterocycles. The number of allylic oxidation sites excluding steroid dienone is 1. The molecule has 2 aromatic rings. The van der Waals surface area contributed by atoms with Gasteiger partial charge in [-0.25, -0.2) is 4.98 Å². The van der Waals surface area contributed by atoms with E-state index in [4.69, 9.17) is 17.3 Å². The van der Waals surface area contributed by atoms with Crippen LogP contribution in [0.15, 0.2) is 42.6 Å². The van der Waals surface area contributed by atoms with Crippen LogP contribution in [0.1, 0.15) is 15.9 Å². The van der Waals surface area contributed by atoms with Crippen molar-refractivity contribution in [2.24, 2.45) is 0 Å². The molecule has 0 aliphatic rings. The second-order valence-electron chi connectivity index (χ2n) is 3.84. The molecule has 0 saturated heterocycles. The number of carbonyl (C=O) groups is 1. The molecule has 5 heteroatoms. The highest BCUT2D eigenvalue weighted by atomic mass is 35.5. The third-order valence-corrected chi connectivity index (χ3v) is 2.74. The number of nitrogen functional groups attached to an aromatic ring is 1. The first-order valence-electron chi connectivity index (χ1n) is 5.49. The molecule has 19 heavy (non-hydrogen) atoms. The number of phenolic OH excluding ortho intramolecular Hbond substituents is 1. The van der Waals surface area contributed by atoms with E-state index in [0.717, 1.165) is 0 Å². The first kappa shape index (κ1) is 13.1. The topological polar surface area (TPSA) is 76.2 Å². The zero-order chi connectivity index (χ0) is 13.8. The van der Waals surface area contributed by atoms with Gasteiger partial charge in [-0.3, -0.25) is 4.79 Å². The number of nitrogens with zero attached hydrogens (tertiary/aromatic N) is 1. The van der Waals surface area contributed by atoms with Gasteiger partial charge in [-0.2, -0.15) is 0 Å². The molecule has 0 atom stereocenters. The van der Waals surface area contributed by atoms with Gasteiger partial charge < -0.3 is 10.8 Å². The van der Waals surface area contributed by atoms with Gasteiger partial charge in [-0.15, -0.1) is 0 Å². The van der Waals surface area contributed by atoms with Crippen LogP contribution in [-0.4, -0.2) is 15.9 Å². The summed E-state index contributed by atoms with van der Waals surface area (Å²) in [6, 6.07) is 7.76. The first-order valence-corrected chi connectivity index (χ1v) is 5.87. The number of aromatic nitrogens is 1. The molecule has 2 rings (SSSR count). The number of hydrogen-bond acceptors (Lipinski definition) is 4. The van der Waals surface area contributed by atoms with Crippen LogP contribution in [0, 0.1) is 0 Å². The predicted octanol–water partition coefficient (Wildman–Crippen LogP) is 2.92. The molecule has 3 N–H and O–H groups in total. The average Bonchev–Trinajstić information content (AvgIpc) is 2.40. The number of rotatable bonds is 3. The lowest BCUT2D eigenvalue weighted by Crippen LogP contribution is -1.96. The van der Waals surface area contributed by atoms with E-state index in [-0.39, 0.29) is 17.1 Å². The second-order valence-corrected chi connectivity index (χ2v) is 4.27. The van der Waals surface area contributed by atoms with E-state index in [0.29, 0.717) is 16.4 Å². The summed E-state index contributed by atoms with van der Waals surface area (Å²) in [6.45, 7) is 0. The number of phenols is 1. The fourth-order valence-corrected chi connectivity index (χ4v) is 1.70. The highest BCUT2D eigenvalue weighted by Crippen LogP contribution is 2.22. The number of ketones is 1. The molecule has 0 unspecified atom stereocenters. The van der Waals surface area contributed by atoms with Crippen LogP contribution in [0.25, 0.3) is 6.08 Å². The van der Waals surface area contributed by atoms with E-state index in [9.17, 15) is 9.90 Å². The Morgan fingerprint density at radius 2 is 2.16 bits per heavy atom. The van der Waals surface area contributed by atoms with Crippen molar-refractivity contribution < 1.29 is 9.90 Å². The monoisotopic (exact) mass is 274 g/mol. The number of aromatic hydroxyl groups is 1. The minimum absolute atomic E-state index is 0.113. The smallest absolute Gasteiger partial charge is 0.189 e. The number of carbonyl (C=O) groups excluding carboxylic acids is 1. The zero-order valence-corrected chi connectivity index (χ0v) is 10.6. The van der Waals surface area contributed by atoms with Crippen molar-refractivity contribution in [1.82, 2.24) is 4.98 Å². The Morgan fingerprint density at radius 3 is 2.89 bits per heavy atom. The van der Waals surface area contributed by atoms with Gasteiger partial charge in [0, 0.05) is 16.8 Å². The number of anilines is 1. The predicted molar refractivity (Wildman–Crippen MR) is 75.1 cm³/mol. The summed E-state index contributed by atoms with van der Waals surface area (Å²) in [5.41, 5.74) is 6.44. The Kier molecular flexibility index (Phi) is 3.82. The fourth-order valence-electron chi connectivity index (χ4n) is 1.53. The van der Waals surface area contributed by atoms with Gasteiger partial charge in [0.25, 0.3) is 0 Å². The van der Waals surface area contributed by atoms with E-state index in [1.54, 1.807) is 24.4 Å². The van der Waals surface area contributed by atoms with E-state index in [1.165, 1.54) is 24.3 Å². The highest BCUT2D eigenvalue weighted by Gasteiger charge is 2.08. The molecule has 0 amide bonds. The molecule has 1 aromatic heterocycles. The largest absolute Gasteiger partial charge is 0.507 e. The summed E-state index contributed by atoms with van der Waals surface area (Å²) in [5.74, 6) is -0.136. The SMILES string of the molecule is Nc1ncccc1/C=C/C(=O)c1cc(Cl)ccc1O. The second kappa shape index (κ2) is 5.54. The Morgan fingerprint density at radius 1 is 1.37 bits per heavy atom. The lowest BCUT2D eigenvalue weighted by atomic mass is 10.1. The minimum atomic E-state index is -0.358.